The summed E-state index contributed by atoms with van der Waals surface area (Å²) in [5.74, 6) is -1.77. The average Bonchev–Trinajstić information content (AvgIpc) is 3.65. The summed E-state index contributed by atoms with van der Waals surface area (Å²) in [7, 11) is 0. The number of hydrogen-bond acceptors (Lipinski definition) is 5. The van der Waals surface area contributed by atoms with Gasteiger partial charge in [-0.25, -0.2) is 9.18 Å². The Kier molecular flexibility index (Phi) is 7.56. The first-order chi connectivity index (χ1) is 21.7. The Bertz CT molecular complexity index is 1820. The van der Waals surface area contributed by atoms with Crippen LogP contribution in [0, 0.1) is 5.82 Å². The highest BCUT2D eigenvalue weighted by molar-refractivity contribution is 6.31. The molecule has 4 aromatic carbocycles. The lowest BCUT2D eigenvalue weighted by molar-refractivity contribution is -0.128. The maximum absolute atomic E-state index is 16.1. The SMILES string of the molecule is CCOc1cccc(CN2[C@H]3C[C@@H](c4ccc(C(=O)O)cc4)NC3[C@H](c3cccc(Cl)c3F)[C@]23C(=O)Nc2cc(Cl)ccc23)c1. The van der Waals surface area contributed by atoms with Gasteiger partial charge >= 0.3 is 5.97 Å². The van der Waals surface area contributed by atoms with E-state index in [9.17, 15) is 14.7 Å². The zero-order valence-corrected chi connectivity index (χ0v) is 25.8. The predicted molar refractivity (Wildman–Crippen MR) is 171 cm³/mol. The Morgan fingerprint density at radius 3 is 2.60 bits per heavy atom. The molecule has 1 amide bonds. The third kappa shape index (κ3) is 4.79. The van der Waals surface area contributed by atoms with Gasteiger partial charge < -0.3 is 20.5 Å². The van der Waals surface area contributed by atoms with Gasteiger partial charge in [-0.05, 0) is 72.5 Å². The van der Waals surface area contributed by atoms with Crippen LogP contribution < -0.4 is 15.4 Å². The number of amides is 1. The molecule has 1 spiro atoms. The number of hydrogen-bond donors (Lipinski definition) is 3. The monoisotopic (exact) mass is 645 g/mol. The van der Waals surface area contributed by atoms with E-state index < -0.39 is 23.2 Å². The van der Waals surface area contributed by atoms with Gasteiger partial charge in [0.05, 0.1) is 17.2 Å². The number of nitrogens with one attached hydrogen (secondary N) is 2. The van der Waals surface area contributed by atoms with Gasteiger partial charge in [0.15, 0.2) is 0 Å². The summed E-state index contributed by atoms with van der Waals surface area (Å²) in [6.45, 7) is 2.82. The molecule has 2 fully saturated rings. The Morgan fingerprint density at radius 1 is 1.07 bits per heavy atom. The Hall–Kier alpha value is -3.95. The number of anilines is 1. The van der Waals surface area contributed by atoms with Gasteiger partial charge in [-0.1, -0.05) is 65.7 Å². The molecule has 5 atom stereocenters. The fraction of sp³-hybridized carbons (Fsp3) is 0.257. The molecule has 2 saturated heterocycles. The second kappa shape index (κ2) is 11.4. The molecule has 7 nitrogen and oxygen atoms in total. The summed E-state index contributed by atoms with van der Waals surface area (Å²) in [5.41, 5.74) is 2.41. The molecule has 3 heterocycles. The van der Waals surface area contributed by atoms with Crippen LogP contribution in [0.3, 0.4) is 0 Å². The van der Waals surface area contributed by atoms with Crippen molar-refractivity contribution in [3.8, 4) is 5.75 Å². The molecule has 45 heavy (non-hydrogen) atoms. The first kappa shape index (κ1) is 29.7. The number of carbonyl (C=O) groups excluding carboxylic acids is 1. The first-order valence-electron chi connectivity index (χ1n) is 14.9. The molecule has 3 aliphatic heterocycles. The summed E-state index contributed by atoms with van der Waals surface area (Å²) < 4.78 is 21.9. The van der Waals surface area contributed by atoms with Crippen molar-refractivity contribution in [3.63, 3.8) is 0 Å². The lowest BCUT2D eigenvalue weighted by atomic mass is 9.73. The van der Waals surface area contributed by atoms with Crippen LogP contribution >= 0.6 is 23.2 Å². The van der Waals surface area contributed by atoms with Crippen LogP contribution in [0.2, 0.25) is 10.0 Å². The largest absolute Gasteiger partial charge is 0.494 e. The van der Waals surface area contributed by atoms with E-state index in [0.29, 0.717) is 35.8 Å². The van der Waals surface area contributed by atoms with Crippen LogP contribution in [-0.2, 0) is 16.9 Å². The Balaban J connectivity index is 1.41. The van der Waals surface area contributed by atoms with Gasteiger partial charge in [0, 0.05) is 46.9 Å². The van der Waals surface area contributed by atoms with E-state index in [1.807, 2.05) is 49.4 Å². The summed E-state index contributed by atoms with van der Waals surface area (Å²) in [6, 6.07) is 24.1. The van der Waals surface area contributed by atoms with E-state index in [2.05, 4.69) is 15.5 Å². The van der Waals surface area contributed by atoms with Crippen LogP contribution in [0.15, 0.2) is 84.9 Å². The number of benzene rings is 4. The van der Waals surface area contributed by atoms with Gasteiger partial charge in [-0.2, -0.15) is 0 Å². The standard InChI is InChI=1S/C35H30Cl2FN3O4/c1-2-45-23-6-3-5-19(15-23)18-41-29-17-27(20-9-11-21(12-10-20)33(42)43)39-32(29)30(24-7-4-8-26(37)31(24)38)35(41)25-14-13-22(36)16-28(25)40-34(35)44/h3-16,27,29-30,32,39H,2,17-18H2,1H3,(H,40,44)(H,42,43)/t27-,29-,30-,32?,35+/m0/s1. The van der Waals surface area contributed by atoms with Crippen molar-refractivity contribution in [2.75, 3.05) is 11.9 Å². The zero-order valence-electron chi connectivity index (χ0n) is 24.3. The number of carbonyl (C=O) groups is 2. The summed E-state index contributed by atoms with van der Waals surface area (Å²) in [4.78, 5) is 28.2. The average molecular weight is 647 g/mol. The molecule has 0 aromatic heterocycles. The first-order valence-corrected chi connectivity index (χ1v) is 15.6. The molecular weight excluding hydrogens is 616 g/mol. The van der Waals surface area contributed by atoms with Gasteiger partial charge in [0.1, 0.15) is 17.1 Å². The maximum atomic E-state index is 16.1. The van der Waals surface area contributed by atoms with Crippen LogP contribution in [0.1, 0.15) is 57.9 Å². The highest BCUT2D eigenvalue weighted by Crippen LogP contribution is 2.61. The van der Waals surface area contributed by atoms with Gasteiger partial charge in [0.25, 0.3) is 0 Å². The Morgan fingerprint density at radius 2 is 1.84 bits per heavy atom. The van der Waals surface area contributed by atoms with Crippen LogP contribution in [0.4, 0.5) is 10.1 Å². The molecule has 1 unspecified atom stereocenters. The number of halogens is 3. The summed E-state index contributed by atoms with van der Waals surface area (Å²) in [6.07, 6.45) is 0.596. The van der Waals surface area contributed by atoms with E-state index >= 15 is 4.39 Å². The van der Waals surface area contributed by atoms with Crippen molar-refractivity contribution in [1.29, 1.82) is 0 Å². The number of rotatable bonds is 7. The molecular formula is C35H30Cl2FN3O4. The summed E-state index contributed by atoms with van der Waals surface area (Å²) >= 11 is 12.8. The number of carboxylic acid groups (broad SMARTS) is 1. The molecule has 7 rings (SSSR count). The number of fused-ring (bicyclic) bond motifs is 3. The van der Waals surface area contributed by atoms with E-state index in [1.54, 1.807) is 36.4 Å². The van der Waals surface area contributed by atoms with Gasteiger partial charge in [-0.3, -0.25) is 9.69 Å². The number of aromatic carboxylic acids is 1. The minimum absolute atomic E-state index is 0.0180. The second-order valence-corrected chi connectivity index (χ2v) is 12.6. The highest BCUT2D eigenvalue weighted by Gasteiger charge is 2.68. The fourth-order valence-electron chi connectivity index (χ4n) is 7.63. The fourth-order valence-corrected chi connectivity index (χ4v) is 7.99. The Labute approximate surface area is 269 Å². The molecule has 0 radical (unpaired) electrons. The molecule has 0 aliphatic carbocycles. The van der Waals surface area contributed by atoms with E-state index in [-0.39, 0.29) is 34.6 Å². The molecule has 10 heteroatoms. The van der Waals surface area contributed by atoms with Crippen molar-refractivity contribution in [1.82, 2.24) is 10.2 Å². The van der Waals surface area contributed by atoms with E-state index in [4.69, 9.17) is 27.9 Å². The zero-order chi connectivity index (χ0) is 31.5. The van der Waals surface area contributed by atoms with E-state index in [0.717, 1.165) is 22.4 Å². The molecule has 0 bridgehead atoms. The molecule has 230 valence electrons. The normalized spacial score (nSPS) is 25.3. The van der Waals surface area contributed by atoms with Crippen LogP contribution in [0.25, 0.3) is 0 Å². The minimum atomic E-state index is -1.30. The molecule has 4 aromatic rings. The lowest BCUT2D eigenvalue weighted by Crippen LogP contribution is -2.52. The molecule has 3 N–H and O–H groups in total. The van der Waals surface area contributed by atoms with Gasteiger partial charge in [0.2, 0.25) is 5.91 Å². The number of likely N-dealkylation sites (tertiary alicyclic amines) is 1. The minimum Gasteiger partial charge on any atom is -0.494 e. The lowest BCUT2D eigenvalue weighted by Gasteiger charge is -2.41. The number of carboxylic acids is 1. The topological polar surface area (TPSA) is 90.9 Å². The third-order valence-corrected chi connectivity index (χ3v) is 9.90. The molecule has 0 saturated carbocycles. The van der Waals surface area contributed by atoms with Crippen molar-refractivity contribution >= 4 is 40.8 Å². The van der Waals surface area contributed by atoms with Crippen molar-refractivity contribution in [3.05, 3.63) is 129 Å². The van der Waals surface area contributed by atoms with Crippen LogP contribution in [0.5, 0.6) is 5.75 Å². The number of ether oxygens (including phenoxy) is 1. The van der Waals surface area contributed by atoms with Crippen molar-refractivity contribution < 1.29 is 23.8 Å². The summed E-state index contributed by atoms with van der Waals surface area (Å²) in [5, 5.41) is 16.7. The second-order valence-electron chi connectivity index (χ2n) is 11.7. The van der Waals surface area contributed by atoms with Crippen molar-refractivity contribution in [2.45, 2.75) is 49.5 Å². The highest BCUT2D eigenvalue weighted by atomic mass is 35.5. The number of nitrogens with zero attached hydrogens (tertiary/aromatic N) is 1. The van der Waals surface area contributed by atoms with Crippen molar-refractivity contribution in [2.24, 2.45) is 0 Å². The van der Waals surface area contributed by atoms with E-state index in [1.165, 1.54) is 6.07 Å². The maximum Gasteiger partial charge on any atom is 0.335 e. The van der Waals surface area contributed by atoms with Crippen LogP contribution in [-0.4, -0.2) is 40.6 Å². The quantitative estimate of drug-likeness (QED) is 0.198. The molecule has 3 aliphatic rings. The smallest absolute Gasteiger partial charge is 0.335 e. The predicted octanol–water partition coefficient (Wildman–Crippen LogP) is 7.15. The third-order valence-electron chi connectivity index (χ3n) is 9.37. The van der Waals surface area contributed by atoms with Gasteiger partial charge in [-0.15, -0.1) is 0 Å².